The van der Waals surface area contributed by atoms with Gasteiger partial charge < -0.3 is 24.3 Å². The maximum atomic E-state index is 12.8. The Kier molecular flexibility index (Phi) is 7.67. The molecule has 1 N–H and O–H groups in total. The predicted molar refractivity (Wildman–Crippen MR) is 130 cm³/mol. The van der Waals surface area contributed by atoms with Crippen molar-refractivity contribution < 1.29 is 19.1 Å². The molecule has 2 heterocycles. The lowest BCUT2D eigenvalue weighted by Crippen LogP contribution is -2.31. The molecule has 34 heavy (non-hydrogen) atoms. The number of nitrogens with one attached hydrogen (secondary N) is 1. The summed E-state index contributed by atoms with van der Waals surface area (Å²) in [5.41, 5.74) is 2.73. The zero-order chi connectivity index (χ0) is 23.9. The number of aryl methyl sites for hydroxylation is 1. The number of imidazole rings is 1. The van der Waals surface area contributed by atoms with Gasteiger partial charge in [0.15, 0.2) is 11.5 Å². The van der Waals surface area contributed by atoms with E-state index < -0.39 is 0 Å². The highest BCUT2D eigenvalue weighted by Gasteiger charge is 2.20. The summed E-state index contributed by atoms with van der Waals surface area (Å²) in [5.74, 6) is 2.21. The second-order valence-electron chi connectivity index (χ2n) is 8.51. The van der Waals surface area contributed by atoms with E-state index >= 15 is 0 Å². The van der Waals surface area contributed by atoms with Gasteiger partial charge in [-0.1, -0.05) is 18.2 Å². The topological polar surface area (TPSA) is 85.7 Å². The van der Waals surface area contributed by atoms with Crippen LogP contribution in [0.1, 0.15) is 30.7 Å². The lowest BCUT2D eigenvalue weighted by molar-refractivity contribution is -0.130. The van der Waals surface area contributed by atoms with Crippen LogP contribution in [-0.4, -0.2) is 60.1 Å². The summed E-state index contributed by atoms with van der Waals surface area (Å²) in [4.78, 5) is 31.9. The standard InChI is InChI=1S/C26H32N4O4/c1-33-22-12-11-19(16-23(22)34-2)17-25(31)27-13-7-10-24-28-20-8-3-4-9-21(20)30(24)18-26(32)29-14-5-6-15-29/h3-4,8-9,11-12,16H,5-7,10,13-15,17-18H2,1-2H3,(H,27,31). The highest BCUT2D eigenvalue weighted by atomic mass is 16.5. The summed E-state index contributed by atoms with van der Waals surface area (Å²) in [6.07, 6.45) is 3.83. The van der Waals surface area contributed by atoms with E-state index in [-0.39, 0.29) is 18.2 Å². The van der Waals surface area contributed by atoms with Gasteiger partial charge in [-0.25, -0.2) is 4.98 Å². The molecule has 8 heteroatoms. The quantitative estimate of drug-likeness (QED) is 0.466. The molecule has 0 bridgehead atoms. The Hall–Kier alpha value is -3.55. The normalized spacial score (nSPS) is 13.3. The third kappa shape index (κ3) is 5.50. The number of fused-ring (bicyclic) bond motifs is 1. The number of ether oxygens (including phenoxy) is 2. The number of likely N-dealkylation sites (tertiary alicyclic amines) is 1. The maximum Gasteiger partial charge on any atom is 0.242 e. The van der Waals surface area contributed by atoms with Crippen molar-refractivity contribution in [3.05, 3.63) is 53.9 Å². The number of aromatic nitrogens is 2. The third-order valence-electron chi connectivity index (χ3n) is 6.20. The number of hydrogen-bond donors (Lipinski definition) is 1. The summed E-state index contributed by atoms with van der Waals surface area (Å²) in [6, 6.07) is 13.4. The van der Waals surface area contributed by atoms with Crippen LogP contribution in [0.25, 0.3) is 11.0 Å². The molecule has 1 saturated heterocycles. The first kappa shape index (κ1) is 23.6. The Balaban J connectivity index is 1.33. The van der Waals surface area contributed by atoms with Gasteiger partial charge >= 0.3 is 0 Å². The molecular weight excluding hydrogens is 432 g/mol. The number of amides is 2. The van der Waals surface area contributed by atoms with Gasteiger partial charge in [-0.05, 0) is 49.1 Å². The van der Waals surface area contributed by atoms with Gasteiger partial charge in [-0.3, -0.25) is 9.59 Å². The van der Waals surface area contributed by atoms with Crippen LogP contribution in [0.5, 0.6) is 11.5 Å². The first-order valence-electron chi connectivity index (χ1n) is 11.8. The van der Waals surface area contributed by atoms with Crippen LogP contribution in [0.3, 0.4) is 0 Å². The number of rotatable bonds is 10. The molecule has 1 aromatic heterocycles. The van der Waals surface area contributed by atoms with Crippen molar-refractivity contribution in [2.45, 2.75) is 38.6 Å². The number of nitrogens with zero attached hydrogens (tertiary/aromatic N) is 3. The predicted octanol–water partition coefficient (Wildman–Crippen LogP) is 2.97. The first-order chi connectivity index (χ1) is 16.6. The Morgan fingerprint density at radius 1 is 1.03 bits per heavy atom. The van der Waals surface area contributed by atoms with E-state index in [1.54, 1.807) is 20.3 Å². The largest absolute Gasteiger partial charge is 0.493 e. The van der Waals surface area contributed by atoms with Crippen LogP contribution in [0, 0.1) is 0 Å². The Morgan fingerprint density at radius 2 is 1.79 bits per heavy atom. The lowest BCUT2D eigenvalue weighted by atomic mass is 10.1. The Bertz CT molecular complexity index is 1150. The number of para-hydroxylation sites is 2. The van der Waals surface area contributed by atoms with Gasteiger partial charge in [-0.15, -0.1) is 0 Å². The summed E-state index contributed by atoms with van der Waals surface area (Å²) in [6.45, 7) is 2.52. The van der Waals surface area contributed by atoms with Crippen LogP contribution in [0.15, 0.2) is 42.5 Å². The molecule has 0 unspecified atom stereocenters. The van der Waals surface area contributed by atoms with E-state index in [1.807, 2.05) is 45.9 Å². The minimum Gasteiger partial charge on any atom is -0.493 e. The summed E-state index contributed by atoms with van der Waals surface area (Å²) < 4.78 is 12.6. The molecule has 1 aliphatic heterocycles. The fourth-order valence-corrected chi connectivity index (χ4v) is 4.41. The van der Waals surface area contributed by atoms with Gasteiger partial charge in [0.25, 0.3) is 0 Å². The van der Waals surface area contributed by atoms with Crippen molar-refractivity contribution in [3.8, 4) is 11.5 Å². The number of carbonyl (C=O) groups is 2. The minimum atomic E-state index is -0.0510. The number of carbonyl (C=O) groups excluding carboxylic acids is 2. The first-order valence-corrected chi connectivity index (χ1v) is 11.8. The fraction of sp³-hybridized carbons (Fsp3) is 0.423. The molecule has 1 fully saturated rings. The molecule has 0 aliphatic carbocycles. The van der Waals surface area contributed by atoms with Crippen molar-refractivity contribution in [1.82, 2.24) is 19.8 Å². The number of benzene rings is 2. The van der Waals surface area contributed by atoms with Gasteiger partial charge in [0.05, 0.1) is 31.7 Å². The van der Waals surface area contributed by atoms with Crippen LogP contribution >= 0.6 is 0 Å². The zero-order valence-electron chi connectivity index (χ0n) is 19.9. The molecule has 0 spiro atoms. The molecule has 0 radical (unpaired) electrons. The molecule has 2 amide bonds. The van der Waals surface area contributed by atoms with Crippen LogP contribution in [0.4, 0.5) is 0 Å². The molecule has 8 nitrogen and oxygen atoms in total. The van der Waals surface area contributed by atoms with Gasteiger partial charge in [-0.2, -0.15) is 0 Å². The average molecular weight is 465 g/mol. The molecule has 0 atom stereocenters. The molecule has 180 valence electrons. The molecule has 1 aliphatic rings. The van der Waals surface area contributed by atoms with E-state index in [9.17, 15) is 9.59 Å². The summed E-state index contributed by atoms with van der Waals surface area (Å²) in [5, 5.41) is 2.98. The Labute approximate surface area is 199 Å². The lowest BCUT2D eigenvalue weighted by Gasteiger charge is -2.17. The Morgan fingerprint density at radius 3 is 2.56 bits per heavy atom. The number of hydrogen-bond acceptors (Lipinski definition) is 5. The van der Waals surface area contributed by atoms with E-state index in [0.717, 1.165) is 54.8 Å². The molecule has 0 saturated carbocycles. The van der Waals surface area contributed by atoms with Gasteiger partial charge in [0.2, 0.25) is 11.8 Å². The number of methoxy groups -OCH3 is 2. The highest BCUT2D eigenvalue weighted by molar-refractivity contribution is 5.81. The molecule has 2 aromatic carbocycles. The zero-order valence-corrected chi connectivity index (χ0v) is 19.9. The molecular formula is C26H32N4O4. The maximum absolute atomic E-state index is 12.8. The molecule has 4 rings (SSSR count). The van der Waals surface area contributed by atoms with Crippen LogP contribution in [0.2, 0.25) is 0 Å². The van der Waals surface area contributed by atoms with Crippen LogP contribution < -0.4 is 14.8 Å². The van der Waals surface area contributed by atoms with E-state index in [4.69, 9.17) is 14.5 Å². The monoisotopic (exact) mass is 464 g/mol. The average Bonchev–Trinajstić information content (AvgIpc) is 3.51. The molecule has 3 aromatic rings. The van der Waals surface area contributed by atoms with Crippen molar-refractivity contribution >= 4 is 22.8 Å². The van der Waals surface area contributed by atoms with Gasteiger partial charge in [0, 0.05) is 26.1 Å². The minimum absolute atomic E-state index is 0.0510. The SMILES string of the molecule is COc1ccc(CC(=O)NCCCc2nc3ccccc3n2CC(=O)N2CCCC2)cc1OC. The smallest absolute Gasteiger partial charge is 0.242 e. The van der Waals surface area contributed by atoms with Gasteiger partial charge in [0.1, 0.15) is 12.4 Å². The van der Waals surface area contributed by atoms with E-state index in [1.165, 1.54) is 0 Å². The van der Waals surface area contributed by atoms with Crippen LogP contribution in [-0.2, 0) is 29.0 Å². The van der Waals surface area contributed by atoms with Crippen molar-refractivity contribution in [2.75, 3.05) is 33.9 Å². The highest BCUT2D eigenvalue weighted by Crippen LogP contribution is 2.27. The van der Waals surface area contributed by atoms with Crippen molar-refractivity contribution in [2.24, 2.45) is 0 Å². The second kappa shape index (κ2) is 11.0. The van der Waals surface area contributed by atoms with Crippen molar-refractivity contribution in [1.29, 1.82) is 0 Å². The fourth-order valence-electron chi connectivity index (χ4n) is 4.41. The van der Waals surface area contributed by atoms with Crippen molar-refractivity contribution in [3.63, 3.8) is 0 Å². The summed E-state index contributed by atoms with van der Waals surface area (Å²) in [7, 11) is 3.16. The van der Waals surface area contributed by atoms with E-state index in [0.29, 0.717) is 31.0 Å². The third-order valence-corrected chi connectivity index (χ3v) is 6.20. The second-order valence-corrected chi connectivity index (χ2v) is 8.51. The summed E-state index contributed by atoms with van der Waals surface area (Å²) >= 11 is 0. The van der Waals surface area contributed by atoms with E-state index in [2.05, 4.69) is 5.32 Å².